The number of hydrogen-bond donors (Lipinski definition) is 3. The maximum atomic E-state index is 13.8. The van der Waals surface area contributed by atoms with Gasteiger partial charge in [-0.15, -0.1) is 0 Å². The third kappa shape index (κ3) is 5.09. The summed E-state index contributed by atoms with van der Waals surface area (Å²) in [4.78, 5) is 43.2. The first-order valence-corrected chi connectivity index (χ1v) is 16.9. The van der Waals surface area contributed by atoms with Gasteiger partial charge in [0.1, 0.15) is 17.0 Å². The lowest BCUT2D eigenvalue weighted by atomic mass is 9.94. The fourth-order valence-electron chi connectivity index (χ4n) is 7.97. The molecular formula is C34H39F3N8O5. The second-order valence-electron chi connectivity index (χ2n) is 14.3. The van der Waals surface area contributed by atoms with Crippen LogP contribution in [0.4, 0.5) is 18.0 Å². The number of alkyl halides is 3. The number of urea groups is 1. The summed E-state index contributed by atoms with van der Waals surface area (Å²) in [7, 11) is 1.57. The zero-order valence-electron chi connectivity index (χ0n) is 27.9. The number of carbonyl (C=O) groups is 2. The zero-order chi connectivity index (χ0) is 35.3. The monoisotopic (exact) mass is 696 g/mol. The predicted molar refractivity (Wildman–Crippen MR) is 175 cm³/mol. The molecule has 0 unspecified atom stereocenters. The number of imidazole rings is 1. The molecule has 13 nitrogen and oxygen atoms in total. The fraction of sp³-hybridized carbons (Fsp3) is 0.529. The first kappa shape index (κ1) is 32.8. The zero-order valence-corrected chi connectivity index (χ0v) is 27.9. The molecule has 3 amide bonds. The highest BCUT2D eigenvalue weighted by atomic mass is 19.4. The van der Waals surface area contributed by atoms with Gasteiger partial charge in [-0.3, -0.25) is 14.5 Å². The van der Waals surface area contributed by atoms with Crippen LogP contribution in [0.25, 0.3) is 28.1 Å². The van der Waals surface area contributed by atoms with E-state index in [0.717, 1.165) is 59.5 Å². The molecule has 50 heavy (non-hydrogen) atoms. The Kier molecular flexibility index (Phi) is 7.58. The molecule has 3 aliphatic heterocycles. The van der Waals surface area contributed by atoms with Crippen LogP contribution in [0.3, 0.4) is 0 Å². The van der Waals surface area contributed by atoms with Crippen LogP contribution >= 0.6 is 0 Å². The van der Waals surface area contributed by atoms with E-state index < -0.39 is 36.9 Å². The van der Waals surface area contributed by atoms with E-state index in [2.05, 4.69) is 14.8 Å². The number of aryl methyl sites for hydroxylation is 1. The van der Waals surface area contributed by atoms with Gasteiger partial charge in [0.2, 0.25) is 5.60 Å². The normalized spacial score (nSPS) is 23.5. The molecule has 1 saturated carbocycles. The van der Waals surface area contributed by atoms with Gasteiger partial charge in [0.25, 0.3) is 5.91 Å². The summed E-state index contributed by atoms with van der Waals surface area (Å²) in [6.07, 6.45) is 0.0392. The number of methoxy groups -OCH3 is 1. The molecule has 3 saturated heterocycles. The number of aromatic nitrogens is 4. The van der Waals surface area contributed by atoms with Gasteiger partial charge in [0, 0.05) is 41.7 Å². The molecule has 2 bridgehead atoms. The van der Waals surface area contributed by atoms with Crippen LogP contribution in [0.5, 0.6) is 5.88 Å². The average molecular weight is 697 g/mol. The van der Waals surface area contributed by atoms with Gasteiger partial charge in [-0.1, -0.05) is 0 Å². The Hall–Kier alpha value is -4.41. The Morgan fingerprint density at radius 2 is 1.90 bits per heavy atom. The van der Waals surface area contributed by atoms with Crippen LogP contribution < -0.4 is 15.8 Å². The van der Waals surface area contributed by atoms with Crippen molar-refractivity contribution in [3.8, 4) is 17.3 Å². The van der Waals surface area contributed by atoms with E-state index in [1.54, 1.807) is 26.2 Å². The minimum atomic E-state index is -4.83. The third-order valence-corrected chi connectivity index (χ3v) is 11.0. The lowest BCUT2D eigenvalue weighted by Crippen LogP contribution is -2.72. The number of fused-ring (bicyclic) bond motifs is 4. The van der Waals surface area contributed by atoms with Crippen LogP contribution in [0, 0.1) is 12.8 Å². The highest BCUT2D eigenvalue weighted by Gasteiger charge is 2.65. The van der Waals surface area contributed by atoms with Crippen molar-refractivity contribution >= 4 is 28.6 Å². The number of nitrogens with zero attached hydrogens (tertiary/aromatic N) is 6. The van der Waals surface area contributed by atoms with Gasteiger partial charge in [0.15, 0.2) is 5.88 Å². The summed E-state index contributed by atoms with van der Waals surface area (Å²) < 4.78 is 49.8. The van der Waals surface area contributed by atoms with Crippen LogP contribution in [0.15, 0.2) is 30.3 Å². The molecule has 7 heterocycles. The Bertz CT molecular complexity index is 2020. The molecule has 266 valence electrons. The Labute approximate surface area is 285 Å². The Morgan fingerprint density at radius 3 is 2.52 bits per heavy atom. The maximum absolute atomic E-state index is 13.8. The Balaban J connectivity index is 1.11. The quantitative estimate of drug-likeness (QED) is 0.178. The molecule has 4 atom stereocenters. The summed E-state index contributed by atoms with van der Waals surface area (Å²) in [5.41, 5.74) is 8.24. The summed E-state index contributed by atoms with van der Waals surface area (Å²) >= 11 is 0. The van der Waals surface area contributed by atoms with Crippen molar-refractivity contribution in [3.63, 3.8) is 0 Å². The molecule has 1 aliphatic carbocycles. The topological polar surface area (TPSA) is 152 Å². The average Bonchev–Trinajstić information content (AvgIpc) is 3.37. The van der Waals surface area contributed by atoms with Crippen molar-refractivity contribution in [2.45, 2.75) is 88.4 Å². The second kappa shape index (κ2) is 11.6. The van der Waals surface area contributed by atoms with Crippen molar-refractivity contribution in [2.24, 2.45) is 11.7 Å². The van der Waals surface area contributed by atoms with E-state index in [1.807, 2.05) is 34.4 Å². The minimum absolute atomic E-state index is 0.00794. The van der Waals surface area contributed by atoms with Crippen LogP contribution in [-0.4, -0.2) is 96.0 Å². The summed E-state index contributed by atoms with van der Waals surface area (Å²) in [5.74, 6) is 0.900. The smallest absolute Gasteiger partial charge is 0.424 e. The molecule has 4 aliphatic rings. The molecule has 0 spiro atoms. The molecule has 0 aromatic carbocycles. The number of pyridine rings is 2. The van der Waals surface area contributed by atoms with Crippen LogP contribution in [-0.2, 0) is 11.4 Å². The van der Waals surface area contributed by atoms with Gasteiger partial charge in [-0.25, -0.2) is 19.7 Å². The van der Waals surface area contributed by atoms with Crippen molar-refractivity contribution in [1.82, 2.24) is 34.1 Å². The number of amides is 3. The number of rotatable bonds is 8. The standard InChI is InChI=1S/C34H39F3N8O5/c1-17(39-32(47)42-15-33(16-42,50-48)34(35,36)37)24-8-6-20-10-26(43(30(20)40-24)14-19-4-5-19)29-18(2)44-27(41-29)11-21(12-28(44)49-3)31(46)45-22-7-9-25(45)23(38)13-22/h6,8,10-12,17,19,22-23,25,48H,4-5,7,9,13-16,38H2,1-3H3,(H,39,47)/t17-,22+,23-,25-/m1/s1. The molecule has 4 N–H and O–H groups in total. The number of ether oxygens (including phenoxy) is 1. The SMILES string of the molecule is COc1cc(C(=O)N2[C@H]3CC[C@@H]2[C@H](N)C3)cc2nc(-c3cc4ccc([C@@H](C)NC(=O)N5CC(OO)(C(F)(F)F)C5)nc4n3CC3CC3)c(C)n12. The van der Waals surface area contributed by atoms with Gasteiger partial charge >= 0.3 is 12.2 Å². The molecule has 16 heteroatoms. The minimum Gasteiger partial charge on any atom is -0.482 e. The van der Waals surface area contributed by atoms with Gasteiger partial charge in [-0.05, 0) is 76.1 Å². The lowest BCUT2D eigenvalue weighted by Gasteiger charge is -2.47. The van der Waals surface area contributed by atoms with Crippen molar-refractivity contribution in [2.75, 3.05) is 20.2 Å². The fourth-order valence-corrected chi connectivity index (χ4v) is 7.97. The lowest BCUT2D eigenvalue weighted by molar-refractivity contribution is -0.424. The Morgan fingerprint density at radius 1 is 1.14 bits per heavy atom. The molecule has 4 aromatic rings. The third-order valence-electron chi connectivity index (χ3n) is 11.0. The number of carbonyl (C=O) groups excluding carboxylic acids is 2. The summed E-state index contributed by atoms with van der Waals surface area (Å²) in [6.45, 7) is 2.73. The highest BCUT2D eigenvalue weighted by molar-refractivity contribution is 5.97. The predicted octanol–water partition coefficient (Wildman–Crippen LogP) is 4.66. The first-order valence-electron chi connectivity index (χ1n) is 16.9. The van der Waals surface area contributed by atoms with Crippen LogP contribution in [0.1, 0.15) is 66.8 Å². The summed E-state index contributed by atoms with van der Waals surface area (Å²) in [6, 6.07) is 8.12. The van der Waals surface area contributed by atoms with E-state index in [4.69, 9.17) is 25.7 Å². The van der Waals surface area contributed by atoms with Gasteiger partial charge in [-0.2, -0.15) is 13.2 Å². The second-order valence-corrected chi connectivity index (χ2v) is 14.3. The van der Waals surface area contributed by atoms with Gasteiger partial charge < -0.3 is 30.2 Å². The molecule has 4 fully saturated rings. The number of likely N-dealkylation sites (tertiary alicyclic amines) is 1. The number of hydrogen-bond acceptors (Lipinski definition) is 8. The van der Waals surface area contributed by atoms with E-state index in [0.29, 0.717) is 40.9 Å². The maximum Gasteiger partial charge on any atom is 0.424 e. The number of nitrogens with one attached hydrogen (secondary N) is 1. The van der Waals surface area contributed by atoms with Crippen molar-refractivity contribution in [1.29, 1.82) is 0 Å². The molecular weight excluding hydrogens is 657 g/mol. The summed E-state index contributed by atoms with van der Waals surface area (Å²) in [5, 5.41) is 12.5. The molecule has 0 radical (unpaired) electrons. The van der Waals surface area contributed by atoms with E-state index in [1.165, 1.54) is 0 Å². The molecule has 8 rings (SSSR count). The number of nitrogens with two attached hydrogens (primary N) is 1. The van der Waals surface area contributed by atoms with Crippen molar-refractivity contribution < 1.29 is 37.6 Å². The van der Waals surface area contributed by atoms with E-state index >= 15 is 0 Å². The first-order chi connectivity index (χ1) is 23.8. The van der Waals surface area contributed by atoms with Crippen LogP contribution in [0.2, 0.25) is 0 Å². The largest absolute Gasteiger partial charge is 0.482 e. The van der Waals surface area contributed by atoms with E-state index in [9.17, 15) is 22.8 Å². The van der Waals surface area contributed by atoms with Crippen molar-refractivity contribution in [3.05, 3.63) is 47.3 Å². The van der Waals surface area contributed by atoms with E-state index in [-0.39, 0.29) is 24.0 Å². The number of halogens is 3. The highest BCUT2D eigenvalue weighted by Crippen LogP contribution is 2.42. The van der Waals surface area contributed by atoms with Gasteiger partial charge in [0.05, 0.1) is 43.3 Å². The molecule has 4 aromatic heterocycles.